The van der Waals surface area contributed by atoms with Crippen LogP contribution in [-0.2, 0) is 21.4 Å². The average Bonchev–Trinajstić information content (AvgIpc) is 2.46. The van der Waals surface area contributed by atoms with Gasteiger partial charge in [-0.1, -0.05) is 0 Å². The molecule has 0 radical (unpaired) electrons. The Hall–Kier alpha value is -1.09. The fraction of sp³-hybridized carbons (Fsp3) is 0.538. The number of aliphatic hydroxyl groups excluding tert-OH is 1. The van der Waals surface area contributed by atoms with Crippen molar-refractivity contribution in [2.24, 2.45) is 0 Å². The predicted octanol–water partition coefficient (Wildman–Crippen LogP) is 1.30. The van der Waals surface area contributed by atoms with Gasteiger partial charge in [-0.05, 0) is 31.4 Å². The lowest BCUT2D eigenvalue weighted by molar-refractivity contribution is 0.0200. The highest BCUT2D eigenvalue weighted by Gasteiger charge is 2.24. The van der Waals surface area contributed by atoms with E-state index < -0.39 is 38.7 Å². The maximum Gasteiger partial charge on any atom is 0.243 e. The quantitative estimate of drug-likeness (QED) is 0.857. The van der Waals surface area contributed by atoms with Gasteiger partial charge < -0.3 is 9.84 Å². The van der Waals surface area contributed by atoms with Gasteiger partial charge in [0.05, 0.1) is 18.3 Å². The highest BCUT2D eigenvalue weighted by molar-refractivity contribution is 7.89. The molecule has 0 saturated carbocycles. The topological polar surface area (TPSA) is 75.6 Å². The molecule has 118 valence electrons. The van der Waals surface area contributed by atoms with Crippen LogP contribution >= 0.6 is 0 Å². The van der Waals surface area contributed by atoms with Crippen LogP contribution in [0.2, 0.25) is 0 Å². The van der Waals surface area contributed by atoms with E-state index in [0.29, 0.717) is 6.61 Å². The molecular formula is C13H17F2NO4S. The second kappa shape index (κ2) is 6.78. The number of hydrogen-bond acceptors (Lipinski definition) is 4. The molecule has 0 bridgehead atoms. The summed E-state index contributed by atoms with van der Waals surface area (Å²) in [4.78, 5) is -0.677. The predicted molar refractivity (Wildman–Crippen MR) is 71.1 cm³/mol. The third-order valence-electron chi connectivity index (χ3n) is 3.37. The molecule has 1 aliphatic rings. The monoisotopic (exact) mass is 321 g/mol. The van der Waals surface area contributed by atoms with Crippen molar-refractivity contribution in [1.29, 1.82) is 0 Å². The van der Waals surface area contributed by atoms with Crippen LogP contribution in [-0.4, -0.2) is 32.8 Å². The normalized spacial score (nSPS) is 19.7. The fourth-order valence-corrected chi connectivity index (χ4v) is 3.34. The van der Waals surface area contributed by atoms with Crippen molar-refractivity contribution in [3.05, 3.63) is 29.3 Å². The Balaban J connectivity index is 2.15. The molecule has 2 rings (SSSR count). The Morgan fingerprint density at radius 2 is 2.10 bits per heavy atom. The Morgan fingerprint density at radius 3 is 2.71 bits per heavy atom. The molecule has 1 unspecified atom stereocenters. The van der Waals surface area contributed by atoms with Gasteiger partial charge in [0.1, 0.15) is 10.7 Å². The van der Waals surface area contributed by atoms with Crippen molar-refractivity contribution < 1.29 is 27.0 Å². The average molecular weight is 321 g/mol. The molecule has 1 aliphatic heterocycles. The lowest BCUT2D eigenvalue weighted by Crippen LogP contribution is -2.35. The molecule has 1 aromatic carbocycles. The first-order valence-corrected chi connectivity index (χ1v) is 8.13. The van der Waals surface area contributed by atoms with Crippen LogP contribution in [0, 0.1) is 11.6 Å². The van der Waals surface area contributed by atoms with Crippen LogP contribution in [0.15, 0.2) is 17.0 Å². The van der Waals surface area contributed by atoms with Gasteiger partial charge >= 0.3 is 0 Å². The van der Waals surface area contributed by atoms with Crippen LogP contribution < -0.4 is 4.72 Å². The van der Waals surface area contributed by atoms with E-state index in [9.17, 15) is 17.2 Å². The van der Waals surface area contributed by atoms with Gasteiger partial charge in [0.15, 0.2) is 5.82 Å². The van der Waals surface area contributed by atoms with Crippen molar-refractivity contribution >= 4 is 10.0 Å². The Morgan fingerprint density at radius 1 is 1.33 bits per heavy atom. The molecule has 0 spiro atoms. The van der Waals surface area contributed by atoms with E-state index in [4.69, 9.17) is 9.84 Å². The van der Waals surface area contributed by atoms with E-state index in [2.05, 4.69) is 4.72 Å². The van der Waals surface area contributed by atoms with E-state index in [1.165, 1.54) is 0 Å². The second-order valence-electron chi connectivity index (χ2n) is 4.84. The molecule has 2 N–H and O–H groups in total. The standard InChI is InChI=1S/C13H17F2NO4S/c14-11-4-5-12(13(15)10(11)8-17)21(18,19)16-7-9-3-1-2-6-20-9/h4-5,9,16-17H,1-3,6-8H2. The van der Waals surface area contributed by atoms with Gasteiger partial charge in [-0.15, -0.1) is 0 Å². The third-order valence-corrected chi connectivity index (χ3v) is 4.81. The molecule has 1 saturated heterocycles. The first-order chi connectivity index (χ1) is 9.95. The number of halogens is 2. The van der Waals surface area contributed by atoms with Crippen LogP contribution in [0.25, 0.3) is 0 Å². The van der Waals surface area contributed by atoms with Gasteiger partial charge in [-0.3, -0.25) is 0 Å². The number of rotatable bonds is 5. The summed E-state index contributed by atoms with van der Waals surface area (Å²) in [5.41, 5.74) is -0.660. The minimum atomic E-state index is -4.12. The van der Waals surface area contributed by atoms with Crippen LogP contribution in [0.3, 0.4) is 0 Å². The van der Waals surface area contributed by atoms with E-state index in [0.717, 1.165) is 31.4 Å². The Bertz CT molecular complexity index is 600. The van der Waals surface area contributed by atoms with Gasteiger partial charge in [0, 0.05) is 13.2 Å². The van der Waals surface area contributed by atoms with Gasteiger partial charge in [-0.25, -0.2) is 21.9 Å². The summed E-state index contributed by atoms with van der Waals surface area (Å²) in [5, 5.41) is 8.91. The number of hydrogen-bond donors (Lipinski definition) is 2. The van der Waals surface area contributed by atoms with E-state index in [1.54, 1.807) is 0 Å². The maximum absolute atomic E-state index is 13.9. The van der Waals surface area contributed by atoms with E-state index in [1.807, 2.05) is 0 Å². The molecule has 1 aromatic rings. The molecular weight excluding hydrogens is 304 g/mol. The summed E-state index contributed by atoms with van der Waals surface area (Å²) >= 11 is 0. The molecule has 8 heteroatoms. The zero-order chi connectivity index (χ0) is 15.5. The van der Waals surface area contributed by atoms with Crippen LogP contribution in [0.4, 0.5) is 8.78 Å². The summed E-state index contributed by atoms with van der Waals surface area (Å²) in [6.07, 6.45) is 2.38. The number of sulfonamides is 1. The number of aliphatic hydroxyl groups is 1. The molecule has 1 heterocycles. The summed E-state index contributed by atoms with van der Waals surface area (Å²) in [6.45, 7) is -0.299. The third kappa shape index (κ3) is 3.76. The van der Waals surface area contributed by atoms with E-state index in [-0.39, 0.29) is 12.6 Å². The zero-order valence-electron chi connectivity index (χ0n) is 11.3. The summed E-state index contributed by atoms with van der Waals surface area (Å²) < 4.78 is 59.0. The highest BCUT2D eigenvalue weighted by Crippen LogP contribution is 2.21. The first-order valence-electron chi connectivity index (χ1n) is 6.64. The van der Waals surface area contributed by atoms with Crippen molar-refractivity contribution in [1.82, 2.24) is 4.72 Å². The van der Waals surface area contributed by atoms with Crippen molar-refractivity contribution in [3.8, 4) is 0 Å². The van der Waals surface area contributed by atoms with Crippen molar-refractivity contribution in [2.75, 3.05) is 13.2 Å². The van der Waals surface area contributed by atoms with Crippen molar-refractivity contribution in [3.63, 3.8) is 0 Å². The molecule has 1 fully saturated rings. The summed E-state index contributed by atoms with van der Waals surface area (Å²) in [6, 6.07) is 1.66. The fourth-order valence-electron chi connectivity index (χ4n) is 2.18. The smallest absolute Gasteiger partial charge is 0.243 e. The second-order valence-corrected chi connectivity index (χ2v) is 6.57. The summed E-state index contributed by atoms with van der Waals surface area (Å²) in [5.74, 6) is -2.25. The molecule has 0 aliphatic carbocycles. The molecule has 5 nitrogen and oxygen atoms in total. The number of ether oxygens (including phenoxy) is 1. The molecule has 21 heavy (non-hydrogen) atoms. The largest absolute Gasteiger partial charge is 0.391 e. The number of nitrogens with one attached hydrogen (secondary N) is 1. The van der Waals surface area contributed by atoms with Gasteiger partial charge in [0.25, 0.3) is 0 Å². The minimum Gasteiger partial charge on any atom is -0.391 e. The van der Waals surface area contributed by atoms with Crippen LogP contribution in [0.5, 0.6) is 0 Å². The zero-order valence-corrected chi connectivity index (χ0v) is 12.1. The Kier molecular flexibility index (Phi) is 5.26. The molecule has 1 atom stereocenters. The van der Waals surface area contributed by atoms with E-state index >= 15 is 0 Å². The van der Waals surface area contributed by atoms with Gasteiger partial charge in [0.2, 0.25) is 10.0 Å². The number of benzene rings is 1. The first kappa shape index (κ1) is 16.3. The van der Waals surface area contributed by atoms with Gasteiger partial charge in [-0.2, -0.15) is 0 Å². The lowest BCUT2D eigenvalue weighted by Gasteiger charge is -2.22. The Labute approximate surface area is 122 Å². The maximum atomic E-state index is 13.9. The van der Waals surface area contributed by atoms with Crippen LogP contribution in [0.1, 0.15) is 24.8 Å². The van der Waals surface area contributed by atoms with Crippen molar-refractivity contribution in [2.45, 2.75) is 36.9 Å². The minimum absolute atomic E-state index is 0.0353. The molecule has 0 aromatic heterocycles. The molecule has 0 amide bonds. The highest BCUT2D eigenvalue weighted by atomic mass is 32.2. The lowest BCUT2D eigenvalue weighted by atomic mass is 10.1. The summed E-state index contributed by atoms with van der Waals surface area (Å²) in [7, 11) is -4.12. The SMILES string of the molecule is O=S(=O)(NCC1CCCCO1)c1ccc(F)c(CO)c1F.